The van der Waals surface area contributed by atoms with E-state index in [1.54, 1.807) is 0 Å². The second-order valence-electron chi connectivity index (χ2n) is 4.88. The molecule has 1 unspecified atom stereocenters. The lowest BCUT2D eigenvalue weighted by Crippen LogP contribution is -2.46. The van der Waals surface area contributed by atoms with E-state index in [-0.39, 0.29) is 19.1 Å². The van der Waals surface area contributed by atoms with Crippen LogP contribution in [0, 0.1) is 5.92 Å². The molecule has 0 bridgehead atoms. The molecular weight excluding hydrogens is 233 g/mol. The van der Waals surface area contributed by atoms with Gasteiger partial charge >= 0.3 is 12.1 Å². The number of amides is 1. The molecule has 0 saturated carbocycles. The van der Waals surface area contributed by atoms with Crippen LogP contribution in [0.5, 0.6) is 0 Å². The minimum absolute atomic E-state index is 0.0381. The first kappa shape index (κ1) is 14.3. The van der Waals surface area contributed by atoms with Gasteiger partial charge in [-0.1, -0.05) is 13.8 Å². The van der Waals surface area contributed by atoms with Crippen LogP contribution in [0.3, 0.4) is 0 Å². The fourth-order valence-corrected chi connectivity index (χ4v) is 2.09. The summed E-state index contributed by atoms with van der Waals surface area (Å²) in [7, 11) is 0. The van der Waals surface area contributed by atoms with Crippen LogP contribution in [0.15, 0.2) is 0 Å². The van der Waals surface area contributed by atoms with Crippen molar-refractivity contribution < 1.29 is 18.0 Å². The highest BCUT2D eigenvalue weighted by atomic mass is 19.4. The molecule has 17 heavy (non-hydrogen) atoms. The number of nitrogens with one attached hydrogen (secondary N) is 1. The van der Waals surface area contributed by atoms with Crippen molar-refractivity contribution in [2.75, 3.05) is 19.6 Å². The van der Waals surface area contributed by atoms with Crippen molar-refractivity contribution in [1.82, 2.24) is 10.2 Å². The van der Waals surface area contributed by atoms with Crippen LogP contribution in [-0.2, 0) is 4.79 Å². The molecule has 3 nitrogen and oxygen atoms in total. The van der Waals surface area contributed by atoms with Crippen LogP contribution in [-0.4, -0.2) is 42.7 Å². The third-order valence-electron chi connectivity index (χ3n) is 2.76. The standard InChI is InChI=1S/C11H19F3N2O/c1-8(2)6-9-7-16(5-3-4-15-9)10(17)11(12,13)14/h8-9,15H,3-7H2,1-2H3. The zero-order chi connectivity index (χ0) is 13.1. The zero-order valence-corrected chi connectivity index (χ0v) is 10.2. The SMILES string of the molecule is CC(C)CC1CN(C(=O)C(F)(F)F)CCCN1. The Morgan fingerprint density at radius 3 is 2.65 bits per heavy atom. The highest BCUT2D eigenvalue weighted by molar-refractivity contribution is 5.81. The number of nitrogens with zero attached hydrogens (tertiary/aromatic N) is 1. The summed E-state index contributed by atoms with van der Waals surface area (Å²) in [5.41, 5.74) is 0. The Morgan fingerprint density at radius 2 is 2.12 bits per heavy atom. The highest BCUT2D eigenvalue weighted by Gasteiger charge is 2.43. The van der Waals surface area contributed by atoms with E-state index < -0.39 is 12.1 Å². The molecule has 1 aliphatic rings. The van der Waals surface area contributed by atoms with E-state index in [2.05, 4.69) is 5.32 Å². The number of hydrogen-bond acceptors (Lipinski definition) is 2. The molecule has 1 fully saturated rings. The van der Waals surface area contributed by atoms with Crippen LogP contribution >= 0.6 is 0 Å². The quantitative estimate of drug-likeness (QED) is 0.812. The summed E-state index contributed by atoms with van der Waals surface area (Å²) in [6, 6.07) is -0.0381. The lowest BCUT2D eigenvalue weighted by atomic mass is 10.0. The van der Waals surface area contributed by atoms with Crippen molar-refractivity contribution in [2.24, 2.45) is 5.92 Å². The van der Waals surface area contributed by atoms with E-state index in [0.717, 1.165) is 11.3 Å². The number of carbonyl (C=O) groups is 1. The molecular formula is C11H19F3N2O. The van der Waals surface area contributed by atoms with Gasteiger partial charge in [-0.25, -0.2) is 0 Å². The van der Waals surface area contributed by atoms with E-state index in [4.69, 9.17) is 0 Å². The molecule has 0 radical (unpaired) electrons. The molecule has 100 valence electrons. The minimum atomic E-state index is -4.76. The first-order valence-corrected chi connectivity index (χ1v) is 5.90. The molecule has 1 N–H and O–H groups in total. The molecule has 1 rings (SSSR count). The smallest absolute Gasteiger partial charge is 0.333 e. The molecule has 1 amide bonds. The third kappa shape index (κ3) is 4.53. The third-order valence-corrected chi connectivity index (χ3v) is 2.76. The first-order valence-electron chi connectivity index (χ1n) is 5.90. The summed E-state index contributed by atoms with van der Waals surface area (Å²) in [4.78, 5) is 12.1. The molecule has 0 spiro atoms. The molecule has 6 heteroatoms. The first-order chi connectivity index (χ1) is 7.80. The van der Waals surface area contributed by atoms with Crippen LogP contribution in [0.25, 0.3) is 0 Å². The Labute approximate surface area is 99.4 Å². The van der Waals surface area contributed by atoms with Crippen LogP contribution < -0.4 is 5.32 Å². The minimum Gasteiger partial charge on any atom is -0.333 e. The van der Waals surface area contributed by atoms with Gasteiger partial charge in [0.1, 0.15) is 0 Å². The largest absolute Gasteiger partial charge is 0.471 e. The van der Waals surface area contributed by atoms with Crippen molar-refractivity contribution in [3.8, 4) is 0 Å². The van der Waals surface area contributed by atoms with Gasteiger partial charge in [-0.15, -0.1) is 0 Å². The van der Waals surface area contributed by atoms with E-state index in [1.165, 1.54) is 0 Å². The lowest BCUT2D eigenvalue weighted by Gasteiger charge is -2.26. The highest BCUT2D eigenvalue weighted by Crippen LogP contribution is 2.20. The van der Waals surface area contributed by atoms with E-state index in [0.29, 0.717) is 18.9 Å². The molecule has 0 aliphatic carbocycles. The van der Waals surface area contributed by atoms with Gasteiger partial charge in [-0.3, -0.25) is 4.79 Å². The van der Waals surface area contributed by atoms with Crippen molar-refractivity contribution in [3.05, 3.63) is 0 Å². The molecule has 0 aromatic carbocycles. The molecule has 0 aromatic rings. The second kappa shape index (κ2) is 5.71. The predicted octanol–water partition coefficient (Wildman–Crippen LogP) is 1.79. The lowest BCUT2D eigenvalue weighted by molar-refractivity contribution is -0.185. The van der Waals surface area contributed by atoms with Gasteiger partial charge < -0.3 is 10.2 Å². The van der Waals surface area contributed by atoms with Crippen LogP contribution in [0.4, 0.5) is 13.2 Å². The summed E-state index contributed by atoms with van der Waals surface area (Å²) >= 11 is 0. The van der Waals surface area contributed by atoms with Gasteiger partial charge in [0.05, 0.1) is 0 Å². The van der Waals surface area contributed by atoms with Gasteiger partial charge in [-0.05, 0) is 25.3 Å². The summed E-state index contributed by atoms with van der Waals surface area (Å²) in [6.07, 6.45) is -3.41. The monoisotopic (exact) mass is 252 g/mol. The predicted molar refractivity (Wildman–Crippen MR) is 58.5 cm³/mol. The van der Waals surface area contributed by atoms with E-state index >= 15 is 0 Å². The molecule has 1 aliphatic heterocycles. The van der Waals surface area contributed by atoms with Crippen LogP contribution in [0.2, 0.25) is 0 Å². The maximum Gasteiger partial charge on any atom is 0.471 e. The van der Waals surface area contributed by atoms with Crippen molar-refractivity contribution in [3.63, 3.8) is 0 Å². The number of alkyl halides is 3. The van der Waals surface area contributed by atoms with Crippen molar-refractivity contribution in [2.45, 2.75) is 38.9 Å². The molecule has 0 aromatic heterocycles. The fourth-order valence-electron chi connectivity index (χ4n) is 2.09. The van der Waals surface area contributed by atoms with Gasteiger partial charge in [0.2, 0.25) is 0 Å². The topological polar surface area (TPSA) is 32.3 Å². The number of hydrogen-bond donors (Lipinski definition) is 1. The summed E-state index contributed by atoms with van der Waals surface area (Å²) in [5, 5.41) is 3.19. The van der Waals surface area contributed by atoms with E-state index in [1.807, 2.05) is 13.8 Å². The fraction of sp³-hybridized carbons (Fsp3) is 0.909. The normalized spacial score (nSPS) is 22.7. The Balaban J connectivity index is 2.63. The summed E-state index contributed by atoms with van der Waals surface area (Å²) in [6.45, 7) is 5.03. The summed E-state index contributed by atoms with van der Waals surface area (Å²) in [5.74, 6) is -1.32. The Bertz CT molecular complexity index is 266. The Morgan fingerprint density at radius 1 is 1.47 bits per heavy atom. The van der Waals surface area contributed by atoms with Gasteiger partial charge in [-0.2, -0.15) is 13.2 Å². The van der Waals surface area contributed by atoms with Crippen molar-refractivity contribution >= 4 is 5.91 Å². The Kier molecular flexibility index (Phi) is 4.80. The number of carbonyl (C=O) groups excluding carboxylic acids is 1. The Hall–Kier alpha value is -0.780. The van der Waals surface area contributed by atoms with Crippen LogP contribution in [0.1, 0.15) is 26.7 Å². The van der Waals surface area contributed by atoms with Crippen molar-refractivity contribution in [1.29, 1.82) is 0 Å². The zero-order valence-electron chi connectivity index (χ0n) is 10.2. The average Bonchev–Trinajstić information content (AvgIpc) is 2.39. The number of halogens is 3. The maximum atomic E-state index is 12.3. The van der Waals surface area contributed by atoms with E-state index in [9.17, 15) is 18.0 Å². The second-order valence-corrected chi connectivity index (χ2v) is 4.88. The molecule has 1 heterocycles. The molecule has 1 saturated heterocycles. The van der Waals surface area contributed by atoms with Gasteiger partial charge in [0, 0.05) is 19.1 Å². The van der Waals surface area contributed by atoms with Gasteiger partial charge in [0.25, 0.3) is 0 Å². The average molecular weight is 252 g/mol. The number of rotatable bonds is 2. The van der Waals surface area contributed by atoms with Gasteiger partial charge in [0.15, 0.2) is 0 Å². The molecule has 1 atom stereocenters. The maximum absolute atomic E-state index is 12.3. The summed E-state index contributed by atoms with van der Waals surface area (Å²) < 4.78 is 37.0.